The van der Waals surface area contributed by atoms with Crippen LogP contribution in [-0.2, 0) is 0 Å². The van der Waals surface area contributed by atoms with E-state index in [9.17, 15) is 10.1 Å². The molecule has 0 spiro atoms. The lowest BCUT2D eigenvalue weighted by atomic mass is 10.3. The van der Waals surface area contributed by atoms with Gasteiger partial charge in [0.25, 0.3) is 5.96 Å². The maximum atomic E-state index is 10.6. The minimum atomic E-state index is -0.730. The average molecular weight is 396 g/mol. The van der Waals surface area contributed by atoms with Crippen molar-refractivity contribution in [1.29, 1.82) is 0 Å². The second-order valence-electron chi connectivity index (χ2n) is 6.17. The minimum absolute atomic E-state index is 0.130. The zero-order valence-electron chi connectivity index (χ0n) is 17.3. The number of rotatable bonds is 13. The summed E-state index contributed by atoms with van der Waals surface area (Å²) in [6.07, 6.45) is 2.95. The van der Waals surface area contributed by atoms with E-state index in [1.165, 1.54) is 0 Å². The van der Waals surface area contributed by atoms with E-state index < -0.39 is 5.03 Å². The molecule has 1 aromatic heterocycles. The normalized spacial score (nSPS) is 11.1. The van der Waals surface area contributed by atoms with Crippen molar-refractivity contribution in [2.45, 2.75) is 40.0 Å². The molecule has 0 atom stereocenters. The first-order chi connectivity index (χ1) is 13.5. The number of hydrazone groups is 1. The van der Waals surface area contributed by atoms with Crippen molar-refractivity contribution in [1.82, 2.24) is 15.6 Å². The Labute approximate surface area is 166 Å². The first-order valence-corrected chi connectivity index (χ1v) is 9.82. The number of nitrogens with one attached hydrogen (secondary N) is 3. The van der Waals surface area contributed by atoms with Crippen LogP contribution in [-0.4, -0.2) is 55.8 Å². The van der Waals surface area contributed by atoms with Crippen LogP contribution in [0.25, 0.3) is 0 Å². The molecule has 0 fully saturated rings. The van der Waals surface area contributed by atoms with Gasteiger partial charge in [-0.3, -0.25) is 0 Å². The Morgan fingerprint density at radius 1 is 1.18 bits per heavy atom. The number of hydrogen-bond donors (Lipinski definition) is 3. The van der Waals surface area contributed by atoms with E-state index >= 15 is 0 Å². The van der Waals surface area contributed by atoms with Crippen molar-refractivity contribution in [2.24, 2.45) is 5.10 Å². The van der Waals surface area contributed by atoms with Crippen molar-refractivity contribution in [2.75, 3.05) is 50.1 Å². The predicted octanol–water partition coefficient (Wildman–Crippen LogP) is 2.27. The highest BCUT2D eigenvalue weighted by Gasteiger charge is 2.10. The van der Waals surface area contributed by atoms with Gasteiger partial charge < -0.3 is 25.6 Å². The van der Waals surface area contributed by atoms with Crippen LogP contribution < -0.4 is 25.6 Å². The Bertz CT molecular complexity index is 619. The summed E-state index contributed by atoms with van der Waals surface area (Å²) in [5.74, 6) is 1.37. The second-order valence-corrected chi connectivity index (χ2v) is 6.17. The molecule has 1 aromatic rings. The van der Waals surface area contributed by atoms with E-state index in [1.54, 1.807) is 0 Å². The number of aromatic nitrogens is 1. The van der Waals surface area contributed by atoms with Crippen LogP contribution in [0.1, 0.15) is 40.0 Å². The molecule has 10 heteroatoms. The van der Waals surface area contributed by atoms with Gasteiger partial charge in [0.1, 0.15) is 17.5 Å². The Morgan fingerprint density at radius 2 is 1.86 bits per heavy atom. The number of anilines is 2. The van der Waals surface area contributed by atoms with Crippen LogP contribution in [0.5, 0.6) is 5.88 Å². The molecule has 0 aliphatic rings. The molecule has 0 aromatic carbocycles. The van der Waals surface area contributed by atoms with Crippen LogP contribution in [0.2, 0.25) is 0 Å². The molecule has 0 saturated heterocycles. The molecule has 158 valence electrons. The van der Waals surface area contributed by atoms with Gasteiger partial charge in [-0.2, -0.15) is 4.98 Å². The van der Waals surface area contributed by atoms with Gasteiger partial charge in [0, 0.05) is 44.5 Å². The van der Waals surface area contributed by atoms with Crippen LogP contribution in [0.3, 0.4) is 0 Å². The first kappa shape index (κ1) is 23.3. The summed E-state index contributed by atoms with van der Waals surface area (Å²) in [5.41, 5.74) is 1.06. The van der Waals surface area contributed by atoms with E-state index in [0.717, 1.165) is 43.9 Å². The lowest BCUT2D eigenvalue weighted by molar-refractivity contribution is -0.485. The molecule has 10 nitrogen and oxygen atoms in total. The van der Waals surface area contributed by atoms with Gasteiger partial charge in [-0.15, -0.1) is 0 Å². The quantitative estimate of drug-likeness (QED) is 0.153. The number of guanidine groups is 1. The van der Waals surface area contributed by atoms with Gasteiger partial charge >= 0.3 is 0 Å². The lowest BCUT2D eigenvalue weighted by Gasteiger charge is -2.24. The predicted molar refractivity (Wildman–Crippen MR) is 113 cm³/mol. The van der Waals surface area contributed by atoms with Gasteiger partial charge in [0.05, 0.1) is 6.54 Å². The van der Waals surface area contributed by atoms with Crippen LogP contribution >= 0.6 is 0 Å². The Morgan fingerprint density at radius 3 is 2.43 bits per heavy atom. The summed E-state index contributed by atoms with van der Waals surface area (Å²) in [6.45, 7) is 9.46. The highest BCUT2D eigenvalue weighted by atomic mass is 16.7. The van der Waals surface area contributed by atoms with Crippen LogP contribution in [0.15, 0.2) is 17.2 Å². The van der Waals surface area contributed by atoms with E-state index in [1.807, 2.05) is 26.1 Å². The summed E-state index contributed by atoms with van der Waals surface area (Å²) < 4.78 is 5.76. The molecule has 3 N–H and O–H groups in total. The summed E-state index contributed by atoms with van der Waals surface area (Å²) in [4.78, 5) is 17.3. The molecular weight excluding hydrogens is 362 g/mol. The van der Waals surface area contributed by atoms with Crippen molar-refractivity contribution in [3.05, 3.63) is 22.2 Å². The van der Waals surface area contributed by atoms with Gasteiger partial charge in [-0.25, -0.2) is 10.1 Å². The van der Waals surface area contributed by atoms with Crippen molar-refractivity contribution in [3.8, 4) is 5.88 Å². The Kier molecular flexibility index (Phi) is 11.1. The van der Waals surface area contributed by atoms with E-state index in [-0.39, 0.29) is 5.96 Å². The fourth-order valence-corrected chi connectivity index (χ4v) is 2.57. The molecular formula is C18H33N7O3. The molecule has 1 rings (SSSR count). The fraction of sp³-hybridized carbons (Fsp3) is 0.667. The molecule has 0 radical (unpaired) electrons. The van der Waals surface area contributed by atoms with E-state index in [0.29, 0.717) is 25.6 Å². The highest BCUT2D eigenvalue weighted by Crippen LogP contribution is 2.24. The Balaban J connectivity index is 2.72. The zero-order chi connectivity index (χ0) is 20.8. The van der Waals surface area contributed by atoms with Crippen molar-refractivity contribution >= 4 is 17.5 Å². The van der Waals surface area contributed by atoms with Crippen molar-refractivity contribution < 1.29 is 9.77 Å². The topological polar surface area (TPSA) is 117 Å². The highest BCUT2D eigenvalue weighted by molar-refractivity contribution is 5.79. The van der Waals surface area contributed by atoms with Crippen molar-refractivity contribution in [3.63, 3.8) is 0 Å². The minimum Gasteiger partial charge on any atom is -0.476 e. The average Bonchev–Trinajstić information content (AvgIpc) is 2.68. The summed E-state index contributed by atoms with van der Waals surface area (Å²) >= 11 is 0. The number of pyridine rings is 1. The third-order valence-electron chi connectivity index (χ3n) is 3.76. The standard InChI is InChI=1S/C18H33N7O3/c1-5-8-20-18(23-25(26)27)21-9-12-28-17-14-15(13-16(19-4)22-17)24(10-6-2)11-7-3/h13-14H,5-12H2,1-4H3,(H,19,22)(H2,20,21,23). The third-order valence-corrected chi connectivity index (χ3v) is 3.76. The monoisotopic (exact) mass is 395 g/mol. The first-order valence-electron chi connectivity index (χ1n) is 9.82. The van der Waals surface area contributed by atoms with Crippen LogP contribution in [0.4, 0.5) is 11.5 Å². The fourth-order valence-electron chi connectivity index (χ4n) is 2.57. The summed E-state index contributed by atoms with van der Waals surface area (Å²) in [7, 11) is 1.82. The number of ether oxygens (including phenoxy) is 1. The molecule has 0 aliphatic heterocycles. The number of nitro groups is 1. The van der Waals surface area contributed by atoms with Gasteiger partial charge in [0.15, 0.2) is 5.03 Å². The van der Waals surface area contributed by atoms with E-state index in [4.69, 9.17) is 4.74 Å². The van der Waals surface area contributed by atoms with Crippen LogP contribution in [0, 0.1) is 10.1 Å². The van der Waals surface area contributed by atoms with Gasteiger partial charge in [-0.1, -0.05) is 20.8 Å². The largest absolute Gasteiger partial charge is 0.476 e. The third kappa shape index (κ3) is 8.74. The smallest absolute Gasteiger partial charge is 0.268 e. The number of hydrogen-bond acceptors (Lipinski definition) is 6. The van der Waals surface area contributed by atoms with Gasteiger partial charge in [-0.05, 0) is 19.3 Å². The summed E-state index contributed by atoms with van der Waals surface area (Å²) in [6, 6.07) is 3.93. The molecule has 0 amide bonds. The maximum absolute atomic E-state index is 10.6. The molecule has 0 unspecified atom stereocenters. The molecule has 0 aliphatic carbocycles. The molecule has 1 heterocycles. The zero-order valence-corrected chi connectivity index (χ0v) is 17.3. The number of nitrogens with zero attached hydrogens (tertiary/aromatic N) is 4. The SMILES string of the molecule is CCCN/C(=N\[N+](=O)[O-])NCCOc1cc(N(CCC)CCC)cc(NC)n1. The molecule has 0 bridgehead atoms. The lowest BCUT2D eigenvalue weighted by Crippen LogP contribution is -2.40. The van der Waals surface area contributed by atoms with E-state index in [2.05, 4.69) is 44.8 Å². The second kappa shape index (κ2) is 13.4. The molecule has 28 heavy (non-hydrogen) atoms. The maximum Gasteiger partial charge on any atom is 0.268 e. The summed E-state index contributed by atoms with van der Waals surface area (Å²) in [5, 5.41) is 22.0. The molecule has 0 saturated carbocycles. The van der Waals surface area contributed by atoms with Gasteiger partial charge in [0.2, 0.25) is 5.88 Å². The Hall–Kier alpha value is -2.78.